The van der Waals surface area contributed by atoms with E-state index >= 15 is 0 Å². The van der Waals surface area contributed by atoms with Crippen molar-refractivity contribution in [3.8, 4) is 5.69 Å². The van der Waals surface area contributed by atoms with E-state index < -0.39 is 11.4 Å². The van der Waals surface area contributed by atoms with Crippen molar-refractivity contribution in [2.24, 2.45) is 0 Å². The number of halogens is 1. The van der Waals surface area contributed by atoms with Crippen LogP contribution in [0.5, 0.6) is 0 Å². The van der Waals surface area contributed by atoms with E-state index in [4.69, 9.17) is 0 Å². The zero-order chi connectivity index (χ0) is 24.0. The number of nitrogens with zero attached hydrogens (tertiary/aromatic N) is 5. The number of hydrogen-bond acceptors (Lipinski definition) is 7. The van der Waals surface area contributed by atoms with Crippen LogP contribution in [-0.2, 0) is 25.1 Å². The molecule has 0 fully saturated rings. The lowest BCUT2D eigenvalue weighted by atomic mass is 10.00. The minimum Gasteiger partial charge on any atom is -0.384 e. The van der Waals surface area contributed by atoms with Crippen LogP contribution < -0.4 is 16.2 Å². The van der Waals surface area contributed by atoms with Gasteiger partial charge < -0.3 is 15.7 Å². The fraction of sp³-hybridized carbons (Fsp3) is 0.333. The molecule has 5 rings (SSSR count). The number of rotatable bonds is 5. The normalized spacial score (nSPS) is 13.8. The number of hydrogen-bond donors (Lipinski definition) is 3. The monoisotopic (exact) mass is 463 g/mol. The first-order valence-electron chi connectivity index (χ1n) is 11.2. The largest absolute Gasteiger partial charge is 0.384 e. The van der Waals surface area contributed by atoms with E-state index in [0.29, 0.717) is 35.5 Å². The molecule has 0 aliphatic carbocycles. The fourth-order valence-corrected chi connectivity index (χ4v) is 4.24. The van der Waals surface area contributed by atoms with Crippen LogP contribution in [0, 0.1) is 5.82 Å². The fourth-order valence-electron chi connectivity index (χ4n) is 4.24. The first-order valence-corrected chi connectivity index (χ1v) is 11.2. The highest BCUT2D eigenvalue weighted by atomic mass is 19.1. The van der Waals surface area contributed by atoms with E-state index in [9.17, 15) is 14.3 Å². The van der Waals surface area contributed by atoms with Crippen LogP contribution in [-0.4, -0.2) is 36.0 Å². The average Bonchev–Trinajstić information content (AvgIpc) is 3.10. The second-order valence-corrected chi connectivity index (χ2v) is 8.87. The highest BCUT2D eigenvalue weighted by Gasteiger charge is 2.22. The van der Waals surface area contributed by atoms with Gasteiger partial charge in [-0.25, -0.2) is 18.7 Å². The molecule has 1 aliphatic heterocycles. The number of aliphatic hydroxyl groups is 1. The van der Waals surface area contributed by atoms with Gasteiger partial charge in [-0.3, -0.25) is 9.78 Å². The van der Waals surface area contributed by atoms with Crippen molar-refractivity contribution in [3.63, 3.8) is 0 Å². The first-order chi connectivity index (χ1) is 16.3. The Bertz CT molecular complexity index is 1450. The Kier molecular flexibility index (Phi) is 5.41. The summed E-state index contributed by atoms with van der Waals surface area (Å²) in [4.78, 5) is 26.1. The molecule has 1 aliphatic rings. The number of nitrogens with one attached hydrogen (secondary N) is 2. The van der Waals surface area contributed by atoms with Gasteiger partial charge in [-0.1, -0.05) is 0 Å². The predicted octanol–water partition coefficient (Wildman–Crippen LogP) is 2.75. The molecule has 3 aromatic heterocycles. The Morgan fingerprint density at radius 1 is 1.24 bits per heavy atom. The van der Waals surface area contributed by atoms with Gasteiger partial charge >= 0.3 is 0 Å². The lowest BCUT2D eigenvalue weighted by Gasteiger charge is -2.19. The molecule has 0 saturated carbocycles. The number of anilines is 2. The molecule has 4 aromatic rings. The molecular weight excluding hydrogens is 437 g/mol. The lowest BCUT2D eigenvalue weighted by Crippen LogP contribution is -2.23. The van der Waals surface area contributed by atoms with Gasteiger partial charge in [0, 0.05) is 25.5 Å². The molecule has 0 bridgehead atoms. The summed E-state index contributed by atoms with van der Waals surface area (Å²) in [6.45, 7) is 7.03. The first kappa shape index (κ1) is 22.2. The minimum absolute atomic E-state index is 0.180. The van der Waals surface area contributed by atoms with Crippen molar-refractivity contribution in [2.45, 2.75) is 45.9 Å². The second-order valence-electron chi connectivity index (χ2n) is 8.87. The number of fused-ring (bicyclic) bond motifs is 2. The van der Waals surface area contributed by atoms with Gasteiger partial charge in [-0.2, -0.15) is 4.98 Å². The molecule has 0 saturated heterocycles. The van der Waals surface area contributed by atoms with Crippen LogP contribution in [0.4, 0.5) is 16.0 Å². The Labute approximate surface area is 195 Å². The third-order valence-corrected chi connectivity index (χ3v) is 6.01. The molecule has 1 aromatic carbocycles. The van der Waals surface area contributed by atoms with E-state index in [2.05, 4.69) is 25.6 Å². The summed E-state index contributed by atoms with van der Waals surface area (Å²) < 4.78 is 18.0. The molecule has 9 nitrogen and oxygen atoms in total. The van der Waals surface area contributed by atoms with Gasteiger partial charge in [-0.15, -0.1) is 0 Å². The van der Waals surface area contributed by atoms with Gasteiger partial charge in [-0.05, 0) is 69.1 Å². The summed E-state index contributed by atoms with van der Waals surface area (Å²) in [5.41, 5.74) is 2.37. The molecule has 0 unspecified atom stereocenters. The smallest absolute Gasteiger partial charge is 0.278 e. The molecule has 10 heteroatoms. The molecule has 4 heterocycles. The summed E-state index contributed by atoms with van der Waals surface area (Å²) in [6.07, 6.45) is 3.85. The Balaban J connectivity index is 1.62. The van der Waals surface area contributed by atoms with E-state index in [1.54, 1.807) is 47.6 Å². The molecule has 0 spiro atoms. The summed E-state index contributed by atoms with van der Waals surface area (Å²) in [5.74, 6) is -0.210. The summed E-state index contributed by atoms with van der Waals surface area (Å²) in [6, 6.07) is 6.78. The maximum absolute atomic E-state index is 14.8. The Morgan fingerprint density at radius 2 is 2.06 bits per heavy atom. The van der Waals surface area contributed by atoms with Gasteiger partial charge in [0.2, 0.25) is 5.95 Å². The van der Waals surface area contributed by atoms with Gasteiger partial charge in [0.25, 0.3) is 5.56 Å². The van der Waals surface area contributed by atoms with Crippen LogP contribution in [0.1, 0.15) is 37.6 Å². The number of benzene rings is 1. The van der Waals surface area contributed by atoms with Gasteiger partial charge in [0.05, 0.1) is 17.1 Å². The van der Waals surface area contributed by atoms with Crippen molar-refractivity contribution in [1.82, 2.24) is 29.6 Å². The standard InChI is InChI=1S/C24H26FN7O2/c1-4-31-22(33)17-13-28-23(29-19-10-14-5-7-26-12-15(14)9-18(19)25)30-21(17)32(31)16-6-8-27-20(11-16)24(2,3)34/h6,8-11,13,26,34H,4-5,7,12H2,1-3H3,(H,28,29,30). The zero-order valence-electron chi connectivity index (χ0n) is 19.3. The SMILES string of the molecule is CCn1c(=O)c2cnc(Nc3cc4c(cc3F)CNCC4)nc2n1-c1ccnc(C(C)(C)O)c1. The van der Waals surface area contributed by atoms with Crippen molar-refractivity contribution in [1.29, 1.82) is 0 Å². The molecule has 0 amide bonds. The van der Waals surface area contributed by atoms with Crippen LogP contribution in [0.3, 0.4) is 0 Å². The topological polar surface area (TPSA) is 110 Å². The minimum atomic E-state index is -1.16. The maximum Gasteiger partial charge on any atom is 0.278 e. The number of pyridine rings is 1. The van der Waals surface area contributed by atoms with Crippen LogP contribution in [0.25, 0.3) is 16.7 Å². The highest BCUT2D eigenvalue weighted by molar-refractivity contribution is 5.77. The quantitative estimate of drug-likeness (QED) is 0.417. The molecule has 0 atom stereocenters. The molecular formula is C24H26FN7O2. The van der Waals surface area contributed by atoms with E-state index in [0.717, 1.165) is 24.1 Å². The summed E-state index contributed by atoms with van der Waals surface area (Å²) in [5, 5.41) is 17.0. The highest BCUT2D eigenvalue weighted by Crippen LogP contribution is 2.26. The van der Waals surface area contributed by atoms with Gasteiger partial charge in [0.15, 0.2) is 5.65 Å². The van der Waals surface area contributed by atoms with Crippen molar-refractivity contribution in [3.05, 3.63) is 69.7 Å². The third-order valence-electron chi connectivity index (χ3n) is 6.01. The molecule has 0 radical (unpaired) electrons. The second kappa shape index (κ2) is 8.30. The number of aromatic nitrogens is 5. The van der Waals surface area contributed by atoms with Crippen LogP contribution in [0.15, 0.2) is 41.5 Å². The van der Waals surface area contributed by atoms with E-state index in [1.807, 2.05) is 6.92 Å². The van der Waals surface area contributed by atoms with E-state index in [-0.39, 0.29) is 17.2 Å². The van der Waals surface area contributed by atoms with Crippen molar-refractivity contribution >= 4 is 22.7 Å². The van der Waals surface area contributed by atoms with Crippen LogP contribution >= 0.6 is 0 Å². The van der Waals surface area contributed by atoms with Crippen molar-refractivity contribution in [2.75, 3.05) is 11.9 Å². The third kappa shape index (κ3) is 3.84. The lowest BCUT2D eigenvalue weighted by molar-refractivity contribution is 0.0738. The Hall–Kier alpha value is -3.63. The molecule has 3 N–H and O–H groups in total. The predicted molar refractivity (Wildman–Crippen MR) is 127 cm³/mol. The molecule has 34 heavy (non-hydrogen) atoms. The maximum atomic E-state index is 14.8. The average molecular weight is 464 g/mol. The zero-order valence-corrected chi connectivity index (χ0v) is 19.3. The van der Waals surface area contributed by atoms with Crippen molar-refractivity contribution < 1.29 is 9.50 Å². The molecule has 176 valence electrons. The van der Waals surface area contributed by atoms with Gasteiger partial charge in [0.1, 0.15) is 16.8 Å². The Morgan fingerprint density at radius 3 is 2.82 bits per heavy atom. The summed E-state index contributed by atoms with van der Waals surface area (Å²) in [7, 11) is 0. The van der Waals surface area contributed by atoms with E-state index in [1.165, 1.54) is 12.3 Å². The summed E-state index contributed by atoms with van der Waals surface area (Å²) >= 11 is 0. The van der Waals surface area contributed by atoms with Crippen LogP contribution in [0.2, 0.25) is 0 Å².